The number of anilines is 1. The van der Waals surface area contributed by atoms with Crippen LogP contribution in [0.5, 0.6) is 0 Å². The summed E-state index contributed by atoms with van der Waals surface area (Å²) in [4.78, 5) is 25.9. The molecule has 0 N–H and O–H groups in total. The van der Waals surface area contributed by atoms with Crippen LogP contribution in [-0.2, 0) is 9.59 Å². The minimum Gasteiger partial charge on any atom is -0.330 e. The van der Waals surface area contributed by atoms with Gasteiger partial charge in [0.15, 0.2) is 0 Å². The van der Waals surface area contributed by atoms with Crippen molar-refractivity contribution in [1.82, 2.24) is 4.90 Å². The van der Waals surface area contributed by atoms with Crippen LogP contribution in [0.25, 0.3) is 0 Å². The molecule has 0 saturated carbocycles. The summed E-state index contributed by atoms with van der Waals surface area (Å²) in [6.07, 6.45) is -3.77. The molecule has 1 aromatic carbocycles. The number of hydrogen-bond acceptors (Lipinski definition) is 2. The van der Waals surface area contributed by atoms with Gasteiger partial charge in [0.25, 0.3) is 0 Å². The van der Waals surface area contributed by atoms with Crippen molar-refractivity contribution >= 4 is 17.5 Å². The molecule has 2 rings (SSSR count). The van der Waals surface area contributed by atoms with Gasteiger partial charge in [0.2, 0.25) is 11.8 Å². The predicted molar refractivity (Wildman–Crippen MR) is 79.7 cm³/mol. The highest BCUT2D eigenvalue weighted by molar-refractivity contribution is 6.00. The number of hydrogen-bond donors (Lipinski definition) is 0. The first-order valence-corrected chi connectivity index (χ1v) is 7.33. The second kappa shape index (κ2) is 7.20. The Morgan fingerprint density at radius 3 is 2.40 bits per heavy atom. The van der Waals surface area contributed by atoms with Crippen molar-refractivity contribution in [3.63, 3.8) is 0 Å². The van der Waals surface area contributed by atoms with Gasteiger partial charge in [-0.1, -0.05) is 6.08 Å². The lowest BCUT2D eigenvalue weighted by Crippen LogP contribution is -2.43. The number of amides is 2. The number of halogens is 5. The minimum atomic E-state index is -4.59. The Bertz CT molecular complexity index is 669. The average Bonchev–Trinajstić information content (AvgIpc) is 2.85. The number of carbonyl (C=O) groups excluding carboxylic acids is 2. The van der Waals surface area contributed by atoms with E-state index in [1.54, 1.807) is 0 Å². The summed E-state index contributed by atoms with van der Waals surface area (Å²) in [5.74, 6) is -4.27. The summed E-state index contributed by atoms with van der Waals surface area (Å²) >= 11 is 0. The molecule has 1 atom stereocenters. The SMILES string of the molecule is C=CCN(CC(F)(F)F)C(=O)C1CC(=O)N(c2cc(F)cc(F)c2)C1. The lowest BCUT2D eigenvalue weighted by Gasteiger charge is -2.25. The summed E-state index contributed by atoms with van der Waals surface area (Å²) in [6, 6.07) is 2.47. The molecule has 0 spiro atoms. The Labute approximate surface area is 140 Å². The maximum Gasteiger partial charge on any atom is 0.406 e. The zero-order valence-electron chi connectivity index (χ0n) is 13.0. The summed E-state index contributed by atoms with van der Waals surface area (Å²) in [7, 11) is 0. The molecule has 1 aliphatic heterocycles. The second-order valence-electron chi connectivity index (χ2n) is 5.66. The molecule has 0 bridgehead atoms. The van der Waals surface area contributed by atoms with Gasteiger partial charge in [-0.15, -0.1) is 6.58 Å². The fourth-order valence-electron chi connectivity index (χ4n) is 2.68. The zero-order chi connectivity index (χ0) is 18.8. The van der Waals surface area contributed by atoms with Crippen LogP contribution in [0.3, 0.4) is 0 Å². The van der Waals surface area contributed by atoms with Crippen molar-refractivity contribution in [3.05, 3.63) is 42.5 Å². The molecule has 1 saturated heterocycles. The van der Waals surface area contributed by atoms with Crippen LogP contribution in [0.2, 0.25) is 0 Å². The van der Waals surface area contributed by atoms with Crippen LogP contribution in [-0.4, -0.2) is 42.5 Å². The zero-order valence-corrected chi connectivity index (χ0v) is 13.0. The molecule has 1 aromatic rings. The van der Waals surface area contributed by atoms with Crippen LogP contribution < -0.4 is 4.90 Å². The third kappa shape index (κ3) is 4.77. The fraction of sp³-hybridized carbons (Fsp3) is 0.375. The maximum absolute atomic E-state index is 13.3. The number of carbonyl (C=O) groups is 2. The summed E-state index contributed by atoms with van der Waals surface area (Å²) in [5.41, 5.74) is -0.0797. The van der Waals surface area contributed by atoms with E-state index in [2.05, 4.69) is 6.58 Å². The lowest BCUT2D eigenvalue weighted by atomic mass is 10.1. The standard InChI is InChI=1S/C16H15F5N2O2/c1-2-3-22(9-16(19,20)21)15(25)10-4-14(24)23(8-10)13-6-11(17)5-12(18)7-13/h2,5-7,10H,1,3-4,8-9H2. The van der Waals surface area contributed by atoms with Crippen molar-refractivity contribution in [1.29, 1.82) is 0 Å². The van der Waals surface area contributed by atoms with Crippen molar-refractivity contribution in [2.24, 2.45) is 5.92 Å². The van der Waals surface area contributed by atoms with Crippen molar-refractivity contribution < 1.29 is 31.5 Å². The first kappa shape index (κ1) is 18.9. The molecular formula is C16H15F5N2O2. The van der Waals surface area contributed by atoms with Crippen LogP contribution in [0.1, 0.15) is 6.42 Å². The van der Waals surface area contributed by atoms with E-state index in [0.29, 0.717) is 11.0 Å². The third-order valence-electron chi connectivity index (χ3n) is 3.66. The predicted octanol–water partition coefficient (Wildman–Crippen LogP) is 2.89. The van der Waals surface area contributed by atoms with E-state index in [0.717, 1.165) is 23.1 Å². The van der Waals surface area contributed by atoms with Gasteiger partial charge in [0.1, 0.15) is 18.2 Å². The smallest absolute Gasteiger partial charge is 0.330 e. The van der Waals surface area contributed by atoms with E-state index in [-0.39, 0.29) is 25.2 Å². The molecule has 1 fully saturated rings. The highest BCUT2D eigenvalue weighted by atomic mass is 19.4. The summed E-state index contributed by atoms with van der Waals surface area (Å²) < 4.78 is 64.4. The van der Waals surface area contributed by atoms with E-state index in [9.17, 15) is 31.5 Å². The van der Waals surface area contributed by atoms with Gasteiger partial charge >= 0.3 is 6.18 Å². The highest BCUT2D eigenvalue weighted by Crippen LogP contribution is 2.28. The molecule has 25 heavy (non-hydrogen) atoms. The Morgan fingerprint density at radius 1 is 1.28 bits per heavy atom. The number of alkyl halides is 3. The Balaban J connectivity index is 2.17. The normalized spacial score (nSPS) is 17.7. The molecule has 4 nitrogen and oxygen atoms in total. The van der Waals surface area contributed by atoms with Gasteiger partial charge in [-0.25, -0.2) is 8.78 Å². The van der Waals surface area contributed by atoms with E-state index in [1.807, 2.05) is 0 Å². The summed E-state index contributed by atoms with van der Waals surface area (Å²) in [6.45, 7) is 1.29. The van der Waals surface area contributed by atoms with Gasteiger partial charge in [-0.2, -0.15) is 13.2 Å². The van der Waals surface area contributed by atoms with Gasteiger partial charge in [-0.3, -0.25) is 9.59 Å². The number of rotatable bonds is 5. The van der Waals surface area contributed by atoms with Crippen molar-refractivity contribution in [2.45, 2.75) is 12.6 Å². The van der Waals surface area contributed by atoms with Crippen LogP contribution in [0, 0.1) is 17.6 Å². The first-order chi connectivity index (χ1) is 11.6. The van der Waals surface area contributed by atoms with Gasteiger partial charge in [-0.05, 0) is 12.1 Å². The van der Waals surface area contributed by atoms with Crippen molar-refractivity contribution in [2.75, 3.05) is 24.5 Å². The topological polar surface area (TPSA) is 40.6 Å². The highest BCUT2D eigenvalue weighted by Gasteiger charge is 2.40. The Morgan fingerprint density at radius 2 is 1.88 bits per heavy atom. The molecule has 2 amide bonds. The quantitative estimate of drug-likeness (QED) is 0.597. The van der Waals surface area contributed by atoms with Gasteiger partial charge < -0.3 is 9.80 Å². The molecule has 1 unspecified atom stereocenters. The van der Waals surface area contributed by atoms with E-state index >= 15 is 0 Å². The van der Waals surface area contributed by atoms with Gasteiger partial charge in [0.05, 0.1) is 5.92 Å². The first-order valence-electron chi connectivity index (χ1n) is 7.33. The average molecular weight is 362 g/mol. The molecule has 136 valence electrons. The third-order valence-corrected chi connectivity index (χ3v) is 3.66. The van der Waals surface area contributed by atoms with Crippen LogP contribution in [0.15, 0.2) is 30.9 Å². The number of nitrogens with zero attached hydrogens (tertiary/aromatic N) is 2. The number of benzene rings is 1. The lowest BCUT2D eigenvalue weighted by molar-refractivity contribution is -0.162. The molecule has 1 heterocycles. The maximum atomic E-state index is 13.3. The monoisotopic (exact) mass is 362 g/mol. The minimum absolute atomic E-state index is 0.0797. The van der Waals surface area contributed by atoms with E-state index in [1.165, 1.54) is 0 Å². The molecule has 0 aromatic heterocycles. The molecular weight excluding hydrogens is 347 g/mol. The second-order valence-corrected chi connectivity index (χ2v) is 5.66. The van der Waals surface area contributed by atoms with Crippen LogP contribution >= 0.6 is 0 Å². The molecule has 9 heteroatoms. The Kier molecular flexibility index (Phi) is 5.44. The molecule has 0 aliphatic carbocycles. The summed E-state index contributed by atoms with van der Waals surface area (Å²) in [5, 5.41) is 0. The largest absolute Gasteiger partial charge is 0.406 e. The molecule has 1 aliphatic rings. The van der Waals surface area contributed by atoms with Crippen molar-refractivity contribution in [3.8, 4) is 0 Å². The molecule has 0 radical (unpaired) electrons. The Hall–Kier alpha value is -2.45. The van der Waals surface area contributed by atoms with Gasteiger partial charge in [0, 0.05) is 31.3 Å². The fourth-order valence-corrected chi connectivity index (χ4v) is 2.68. The van der Waals surface area contributed by atoms with E-state index < -0.39 is 42.1 Å². The van der Waals surface area contributed by atoms with E-state index in [4.69, 9.17) is 0 Å². The van der Waals surface area contributed by atoms with Crippen LogP contribution in [0.4, 0.5) is 27.6 Å².